The maximum atomic E-state index is 16.4. The van der Waals surface area contributed by atoms with E-state index in [0.29, 0.717) is 79.9 Å². The number of carboxylic acid groups (broad SMARTS) is 1. The number of carboxylic acids is 1. The molecule has 5 fully saturated rings. The summed E-state index contributed by atoms with van der Waals surface area (Å²) >= 11 is 12.8. The molecular weight excluding hydrogens is 1020 g/mol. The number of benzene rings is 2. The summed E-state index contributed by atoms with van der Waals surface area (Å²) in [4.78, 5) is 101. The van der Waals surface area contributed by atoms with E-state index in [1.807, 2.05) is 29.2 Å². The Hall–Kier alpha value is -5.69. The molecule has 2 aromatic carbocycles. The first-order valence-corrected chi connectivity index (χ1v) is 27.8. The molecule has 6 aliphatic rings. The molecule has 5 amide bonds. The number of fused-ring (bicyclic) bond motifs is 4. The van der Waals surface area contributed by atoms with E-state index in [2.05, 4.69) is 40.1 Å². The van der Waals surface area contributed by atoms with Crippen LogP contribution in [0.15, 0.2) is 53.5 Å². The molecular formula is C56H68Cl2FN9O8. The van der Waals surface area contributed by atoms with E-state index in [4.69, 9.17) is 23.2 Å². The molecule has 2 saturated carbocycles. The fourth-order valence-corrected chi connectivity index (χ4v) is 14.2. The van der Waals surface area contributed by atoms with Gasteiger partial charge in [0.15, 0.2) is 11.0 Å². The van der Waals surface area contributed by atoms with Crippen LogP contribution >= 0.6 is 23.2 Å². The summed E-state index contributed by atoms with van der Waals surface area (Å²) in [7, 11) is 1.68. The zero-order valence-electron chi connectivity index (χ0n) is 43.4. The maximum Gasteiger partial charge on any atom is 0.329 e. The number of carbonyl (C=O) groups excluding carboxylic acids is 5. The predicted octanol–water partition coefficient (Wildman–Crippen LogP) is 6.91. The Kier molecular flexibility index (Phi) is 15.0. The molecule has 4 aliphatic heterocycles. The second-order valence-corrected chi connectivity index (χ2v) is 23.9. The Bertz CT molecular complexity index is 3030. The number of rotatable bonds is 14. The van der Waals surface area contributed by atoms with E-state index >= 15 is 4.39 Å². The maximum absolute atomic E-state index is 16.4. The largest absolute Gasteiger partial charge is 0.480 e. The van der Waals surface area contributed by atoms with Crippen LogP contribution in [-0.4, -0.2) is 114 Å². The van der Waals surface area contributed by atoms with Crippen LogP contribution in [-0.2, 0) is 47.7 Å². The smallest absolute Gasteiger partial charge is 0.329 e. The number of imide groups is 1. The second kappa shape index (κ2) is 21.3. The lowest BCUT2D eigenvalue weighted by molar-refractivity contribution is -0.149. The van der Waals surface area contributed by atoms with Crippen molar-refractivity contribution in [1.82, 2.24) is 39.9 Å². The molecule has 76 heavy (non-hydrogen) atoms. The average molecular weight is 1090 g/mol. The summed E-state index contributed by atoms with van der Waals surface area (Å²) in [5, 5.41) is 22.9. The van der Waals surface area contributed by atoms with Crippen LogP contribution in [0.25, 0.3) is 11.0 Å². The minimum atomic E-state index is -1.38. The Balaban J connectivity index is 0.719. The van der Waals surface area contributed by atoms with Crippen molar-refractivity contribution >= 4 is 75.4 Å². The van der Waals surface area contributed by atoms with Crippen LogP contribution in [0.1, 0.15) is 139 Å². The number of imidazole rings is 1. The number of aliphatic carboxylic acids is 1. The fourth-order valence-electron chi connectivity index (χ4n) is 13.9. The van der Waals surface area contributed by atoms with Gasteiger partial charge in [-0.3, -0.25) is 53.4 Å². The van der Waals surface area contributed by atoms with Crippen LogP contribution < -0.4 is 27.0 Å². The highest BCUT2D eigenvalue weighted by molar-refractivity contribution is 6.31. The number of hydrogen-bond donors (Lipinski definition) is 5. The number of halogens is 3. The van der Waals surface area contributed by atoms with Crippen LogP contribution in [0.3, 0.4) is 0 Å². The fraction of sp³-hybridized carbons (Fsp3) is 0.571. The molecule has 2 spiro atoms. The molecule has 2 aliphatic carbocycles. The number of anilines is 1. The number of aryl methyl sites for hydroxylation is 2. The highest BCUT2D eigenvalue weighted by atomic mass is 35.5. The third-order valence-electron chi connectivity index (χ3n) is 18.0. The van der Waals surface area contributed by atoms with E-state index < -0.39 is 52.7 Å². The van der Waals surface area contributed by atoms with Crippen molar-refractivity contribution in [2.75, 3.05) is 31.5 Å². The van der Waals surface area contributed by atoms with Crippen molar-refractivity contribution in [3.8, 4) is 0 Å². The van der Waals surface area contributed by atoms with Gasteiger partial charge in [0.05, 0.1) is 17.1 Å². The van der Waals surface area contributed by atoms with Gasteiger partial charge in [-0.05, 0) is 135 Å². The predicted molar refractivity (Wildman–Crippen MR) is 284 cm³/mol. The normalized spacial score (nSPS) is 27.2. The van der Waals surface area contributed by atoms with Crippen LogP contribution in [0.2, 0.25) is 10.2 Å². The van der Waals surface area contributed by atoms with E-state index in [1.54, 1.807) is 24.1 Å². The summed E-state index contributed by atoms with van der Waals surface area (Å²) < 4.78 is 19.5. The lowest BCUT2D eigenvalue weighted by Crippen LogP contribution is -2.61. The van der Waals surface area contributed by atoms with Crippen molar-refractivity contribution in [3.63, 3.8) is 0 Å². The van der Waals surface area contributed by atoms with E-state index in [9.17, 15) is 38.7 Å². The molecule has 5 N–H and O–H groups in total. The number of nitrogens with one attached hydrogen (secondary N) is 4. The number of pyridine rings is 1. The second-order valence-electron chi connectivity index (χ2n) is 23.1. The Morgan fingerprint density at radius 3 is 2.37 bits per heavy atom. The Labute approximate surface area is 451 Å². The van der Waals surface area contributed by atoms with E-state index in [1.165, 1.54) is 21.4 Å². The summed E-state index contributed by atoms with van der Waals surface area (Å²) in [5.41, 5.74) is 1.18. The van der Waals surface area contributed by atoms with Gasteiger partial charge in [0, 0.05) is 80.5 Å². The zero-order chi connectivity index (χ0) is 53.8. The quantitative estimate of drug-likeness (QED) is 0.0497. The highest BCUT2D eigenvalue weighted by Gasteiger charge is 2.73. The molecule has 406 valence electrons. The van der Waals surface area contributed by atoms with Crippen LogP contribution in [0.4, 0.5) is 10.1 Å². The van der Waals surface area contributed by atoms with E-state index in [0.717, 1.165) is 62.4 Å². The van der Waals surface area contributed by atoms with Gasteiger partial charge in [0.1, 0.15) is 17.5 Å². The van der Waals surface area contributed by atoms with Crippen molar-refractivity contribution in [2.45, 2.75) is 158 Å². The molecule has 4 aromatic rings. The lowest BCUT2D eigenvalue weighted by atomic mass is 9.53. The SMILES string of the molecule is Cn1c(=O)n(C2CCC(=O)NC2=O)c2ccc(CCCCCCC(=O)N3CCN(CC4CCC(NC(=O)[C@@H]5NC6(CCC(C)(C)CC6)[C@@]6(C(=O)Nc7cc(Cl)ccc76)[C@H]5c5ccnc(Cl)c5F)CC4)[C@H](C(=O)O)C3)cc21. The third kappa shape index (κ3) is 9.84. The number of amides is 5. The molecule has 6 heterocycles. The van der Waals surface area contributed by atoms with Gasteiger partial charge < -0.3 is 20.6 Å². The minimum absolute atomic E-state index is 0.00407. The molecule has 10 rings (SSSR count). The first-order chi connectivity index (χ1) is 36.3. The highest BCUT2D eigenvalue weighted by Crippen LogP contribution is 2.64. The number of nitrogens with zero attached hydrogens (tertiary/aromatic N) is 5. The van der Waals surface area contributed by atoms with Crippen LogP contribution in [0.5, 0.6) is 0 Å². The van der Waals surface area contributed by atoms with Crippen molar-refractivity contribution in [3.05, 3.63) is 91.8 Å². The van der Waals surface area contributed by atoms with Gasteiger partial charge in [0.25, 0.3) is 0 Å². The standard InChI is InChI=1S/C56H68Cl2FN9O8/c1-54(2)21-23-55(24-22-54)56(37-16-13-34(57)29-38(37)62-52(56)75)45(36-20-25-60-48(58)46(36)59)47(64-55)50(72)61-35-14-10-33(11-15-35)30-66-26-27-67(31-42(66)51(73)74)44(70)9-7-5-4-6-8-32-12-17-39-41(28-32)65(3)53(76)68(39)40-18-19-43(69)63-49(40)71/h12-13,16-17,20,25,28-29,33,35,40,42,45,47,64H,4-11,14-15,18-19,21-24,26-27,30-31H2,1-3H3,(H,61,72)(H,62,75)(H,73,74)(H,63,69,71)/t33?,35?,40?,42-,45-,47+,56+/m0/s1. The van der Waals surface area contributed by atoms with Gasteiger partial charge in [-0.2, -0.15) is 0 Å². The van der Waals surface area contributed by atoms with Gasteiger partial charge in [-0.25, -0.2) is 14.2 Å². The number of unbranched alkanes of at least 4 members (excludes halogenated alkanes) is 3. The molecule has 20 heteroatoms. The van der Waals surface area contributed by atoms with Gasteiger partial charge >= 0.3 is 11.7 Å². The first-order valence-electron chi connectivity index (χ1n) is 27.1. The number of piperazine rings is 1. The monoisotopic (exact) mass is 1080 g/mol. The lowest BCUT2D eigenvalue weighted by Gasteiger charge is -2.50. The molecule has 0 radical (unpaired) electrons. The molecule has 5 atom stereocenters. The van der Waals surface area contributed by atoms with Gasteiger partial charge in [-0.15, -0.1) is 0 Å². The topological polar surface area (TPSA) is 217 Å². The molecule has 1 unspecified atom stereocenters. The molecule has 17 nitrogen and oxygen atoms in total. The third-order valence-corrected chi connectivity index (χ3v) is 18.5. The summed E-state index contributed by atoms with van der Waals surface area (Å²) in [6, 6.07) is 9.83. The Morgan fingerprint density at radius 1 is 0.882 bits per heavy atom. The van der Waals surface area contributed by atoms with Crippen molar-refractivity contribution in [1.29, 1.82) is 0 Å². The van der Waals surface area contributed by atoms with Gasteiger partial charge in [-0.1, -0.05) is 62.0 Å². The molecule has 0 bridgehead atoms. The van der Waals surface area contributed by atoms with E-state index in [-0.39, 0.29) is 76.8 Å². The van der Waals surface area contributed by atoms with Crippen molar-refractivity contribution < 1.29 is 38.3 Å². The van der Waals surface area contributed by atoms with Crippen LogP contribution in [0, 0.1) is 17.2 Å². The summed E-state index contributed by atoms with van der Waals surface area (Å²) in [6.07, 6.45) is 11.8. The molecule has 2 aromatic heterocycles. The average Bonchev–Trinajstić information content (AvgIpc) is 4.04. The number of aromatic nitrogens is 3. The summed E-state index contributed by atoms with van der Waals surface area (Å²) in [6.45, 7) is 5.97. The number of carbonyl (C=O) groups is 6. The van der Waals surface area contributed by atoms with Crippen molar-refractivity contribution in [2.24, 2.45) is 18.4 Å². The first kappa shape index (κ1) is 53.7. The summed E-state index contributed by atoms with van der Waals surface area (Å²) in [5.74, 6) is -4.03. The number of hydrogen-bond acceptors (Lipinski definition) is 10. The molecule has 3 saturated heterocycles. The number of piperidine rings is 1. The Morgan fingerprint density at radius 2 is 1.63 bits per heavy atom. The zero-order valence-corrected chi connectivity index (χ0v) is 44.9. The van der Waals surface area contributed by atoms with Gasteiger partial charge in [0.2, 0.25) is 29.5 Å². The minimum Gasteiger partial charge on any atom is -0.480 e.